The third-order valence-corrected chi connectivity index (χ3v) is 9.53. The quantitative estimate of drug-likeness (QED) is 0.160. The van der Waals surface area contributed by atoms with Gasteiger partial charge in [0.05, 0.1) is 36.3 Å². The van der Waals surface area contributed by atoms with E-state index in [9.17, 15) is 4.79 Å². The van der Waals surface area contributed by atoms with E-state index in [0.29, 0.717) is 19.1 Å². The van der Waals surface area contributed by atoms with Crippen LogP contribution < -0.4 is 14.8 Å². The summed E-state index contributed by atoms with van der Waals surface area (Å²) in [4.78, 5) is 24.3. The fraction of sp³-hybridized carbons (Fsp3) is 0.615. The van der Waals surface area contributed by atoms with E-state index in [0.717, 1.165) is 104 Å². The van der Waals surface area contributed by atoms with Crippen LogP contribution >= 0.6 is 0 Å². The summed E-state index contributed by atoms with van der Waals surface area (Å²) in [6.07, 6.45) is 6.01. The van der Waals surface area contributed by atoms with Crippen molar-refractivity contribution in [3.05, 3.63) is 48.0 Å². The Labute approximate surface area is 302 Å². The van der Waals surface area contributed by atoms with E-state index in [1.54, 1.807) is 28.4 Å². The lowest BCUT2D eigenvalue weighted by atomic mass is 9.97. The van der Waals surface area contributed by atoms with E-state index in [4.69, 9.17) is 33.7 Å². The van der Waals surface area contributed by atoms with Gasteiger partial charge in [-0.2, -0.15) is 0 Å². The van der Waals surface area contributed by atoms with Gasteiger partial charge in [-0.05, 0) is 90.1 Å². The molecule has 0 aliphatic carbocycles. The summed E-state index contributed by atoms with van der Waals surface area (Å²) in [5.41, 5.74) is 3.74. The van der Waals surface area contributed by atoms with E-state index in [2.05, 4.69) is 26.6 Å². The predicted octanol–water partition coefficient (Wildman–Crippen LogP) is 6.74. The van der Waals surface area contributed by atoms with Crippen LogP contribution in [0.25, 0.3) is 22.1 Å². The highest BCUT2D eigenvalue weighted by Gasteiger charge is 2.31. The molecule has 1 amide bonds. The van der Waals surface area contributed by atoms with E-state index < -0.39 is 5.60 Å². The Balaban J connectivity index is 0.000000205. The molecule has 6 rings (SSSR count). The zero-order chi connectivity index (χ0) is 36.4. The molecule has 2 aliphatic heterocycles. The number of fused-ring (bicyclic) bond motifs is 2. The molecule has 2 aromatic carbocycles. The van der Waals surface area contributed by atoms with Gasteiger partial charge in [0.15, 0.2) is 0 Å². The molecule has 0 spiro atoms. The summed E-state index contributed by atoms with van der Waals surface area (Å²) in [7, 11) is 6.85. The highest BCUT2D eigenvalue weighted by molar-refractivity contribution is 5.79. The number of nitrogens with zero attached hydrogens (tertiary/aromatic N) is 5. The molecule has 12 heteroatoms. The lowest BCUT2D eigenvalue weighted by molar-refractivity contribution is 0.0195. The molecule has 51 heavy (non-hydrogen) atoms. The summed E-state index contributed by atoms with van der Waals surface area (Å²) in [5.74, 6) is 4.60. The molecule has 4 heterocycles. The van der Waals surface area contributed by atoms with Crippen molar-refractivity contribution < 1.29 is 28.5 Å². The van der Waals surface area contributed by atoms with Gasteiger partial charge in [0.25, 0.3) is 0 Å². The lowest BCUT2D eigenvalue weighted by Crippen LogP contribution is -2.42. The maximum atomic E-state index is 12.6. The molecule has 0 bridgehead atoms. The standard InChI is InChI=1S/C22H33N3O4.C17H25N3O2/c1-22(2,3)29-21(26)24-11-6-8-16(15-24)20-23-18-10-9-17(28-5)14-19(18)25(20)12-7-13-27-4;1-21-10-4-9-20-16-11-14(22-2)6-7-15(16)19-17(20)13-5-3-8-18-12-13/h9-10,14,16H,6-8,11-13,15H2,1-5H3;6-7,11,13,18H,3-5,8-10,12H2,1-2H3/t16-;13-/m11/s1. The number of hydrogen-bond acceptors (Lipinski definition) is 9. The van der Waals surface area contributed by atoms with E-state index >= 15 is 0 Å². The summed E-state index contributed by atoms with van der Waals surface area (Å²) >= 11 is 0. The summed E-state index contributed by atoms with van der Waals surface area (Å²) in [6, 6.07) is 12.1. The molecule has 2 atom stereocenters. The van der Waals surface area contributed by atoms with E-state index in [-0.39, 0.29) is 12.0 Å². The Morgan fingerprint density at radius 3 is 1.84 bits per heavy atom. The van der Waals surface area contributed by atoms with Gasteiger partial charge in [-0.3, -0.25) is 0 Å². The third kappa shape index (κ3) is 9.93. The largest absolute Gasteiger partial charge is 0.497 e. The van der Waals surface area contributed by atoms with Crippen molar-refractivity contribution in [3.8, 4) is 11.5 Å². The molecule has 12 nitrogen and oxygen atoms in total. The number of benzene rings is 2. The maximum Gasteiger partial charge on any atom is 0.410 e. The molecule has 2 aliphatic rings. The smallest absolute Gasteiger partial charge is 0.410 e. The van der Waals surface area contributed by atoms with Crippen molar-refractivity contribution in [1.29, 1.82) is 0 Å². The number of carbonyl (C=O) groups is 1. The maximum absolute atomic E-state index is 12.6. The SMILES string of the molecule is COCCCn1c([C@@H]2CCCN(C(=O)OC(C)(C)C)C2)nc2ccc(OC)cc21.COCCCn1c([C@@H]2CCCNC2)nc2ccc(OC)cc21. The topological polar surface area (TPSA) is 114 Å². The first-order chi connectivity index (χ1) is 24.6. The van der Waals surface area contributed by atoms with Crippen molar-refractivity contribution in [2.45, 2.75) is 89.8 Å². The molecule has 2 saturated heterocycles. The molecule has 280 valence electrons. The van der Waals surface area contributed by atoms with Crippen LogP contribution in [0.3, 0.4) is 0 Å². The fourth-order valence-corrected chi connectivity index (χ4v) is 7.08. The fourth-order valence-electron chi connectivity index (χ4n) is 7.08. The van der Waals surface area contributed by atoms with Crippen molar-refractivity contribution in [1.82, 2.24) is 29.3 Å². The number of amides is 1. The summed E-state index contributed by atoms with van der Waals surface area (Å²) < 4.78 is 31.5. The number of aromatic nitrogens is 4. The second-order valence-electron chi connectivity index (χ2n) is 14.5. The second-order valence-corrected chi connectivity index (χ2v) is 14.5. The monoisotopic (exact) mass is 706 g/mol. The number of aryl methyl sites for hydroxylation is 2. The number of nitrogens with one attached hydrogen (secondary N) is 1. The highest BCUT2D eigenvalue weighted by atomic mass is 16.6. The molecule has 2 aromatic heterocycles. The average molecular weight is 707 g/mol. The van der Waals surface area contributed by atoms with E-state index in [1.165, 1.54) is 18.7 Å². The predicted molar refractivity (Wildman–Crippen MR) is 200 cm³/mol. The number of rotatable bonds is 12. The zero-order valence-electron chi connectivity index (χ0n) is 31.7. The van der Waals surface area contributed by atoms with Gasteiger partial charge in [-0.25, -0.2) is 14.8 Å². The lowest BCUT2D eigenvalue weighted by Gasteiger charge is -2.34. The Morgan fingerprint density at radius 2 is 1.35 bits per heavy atom. The Kier molecular flexibility index (Phi) is 13.6. The van der Waals surface area contributed by atoms with Crippen LogP contribution in [0.5, 0.6) is 11.5 Å². The van der Waals surface area contributed by atoms with Crippen LogP contribution in [0.2, 0.25) is 0 Å². The van der Waals surface area contributed by atoms with Crippen LogP contribution in [0.4, 0.5) is 4.79 Å². The number of hydrogen-bond donors (Lipinski definition) is 1. The molecular weight excluding hydrogens is 648 g/mol. The first kappa shape index (κ1) is 38.4. The Bertz CT molecular complexity index is 1710. The van der Waals surface area contributed by atoms with Crippen LogP contribution in [-0.2, 0) is 27.3 Å². The zero-order valence-corrected chi connectivity index (χ0v) is 31.7. The summed E-state index contributed by atoms with van der Waals surface area (Å²) in [5, 5.41) is 3.49. The third-order valence-electron chi connectivity index (χ3n) is 9.53. The van der Waals surface area contributed by atoms with Crippen molar-refractivity contribution in [3.63, 3.8) is 0 Å². The number of carbonyl (C=O) groups excluding carboxylic acids is 1. The Morgan fingerprint density at radius 1 is 0.804 bits per heavy atom. The minimum atomic E-state index is -0.492. The first-order valence-corrected chi connectivity index (χ1v) is 18.4. The molecule has 0 saturated carbocycles. The van der Waals surface area contributed by atoms with Gasteiger partial charge in [0.1, 0.15) is 28.7 Å². The van der Waals surface area contributed by atoms with Crippen LogP contribution in [0.1, 0.15) is 82.8 Å². The van der Waals surface area contributed by atoms with Gasteiger partial charge < -0.3 is 43.0 Å². The van der Waals surface area contributed by atoms with Crippen molar-refractivity contribution in [2.75, 3.05) is 67.8 Å². The van der Waals surface area contributed by atoms with Gasteiger partial charge in [-0.1, -0.05) is 0 Å². The van der Waals surface area contributed by atoms with Crippen LogP contribution in [0.15, 0.2) is 36.4 Å². The second kappa shape index (κ2) is 18.1. The number of likely N-dealkylation sites (tertiary alicyclic amines) is 1. The van der Waals surface area contributed by atoms with Crippen molar-refractivity contribution in [2.24, 2.45) is 0 Å². The molecule has 1 N–H and O–H groups in total. The first-order valence-electron chi connectivity index (χ1n) is 18.4. The van der Waals surface area contributed by atoms with Gasteiger partial charge in [-0.15, -0.1) is 0 Å². The summed E-state index contributed by atoms with van der Waals surface area (Å²) in [6.45, 7) is 12.4. The van der Waals surface area contributed by atoms with Crippen LogP contribution in [-0.4, -0.2) is 104 Å². The average Bonchev–Trinajstić information content (AvgIpc) is 3.69. The molecule has 0 radical (unpaired) electrons. The minimum Gasteiger partial charge on any atom is -0.497 e. The minimum absolute atomic E-state index is 0.178. The van der Waals surface area contributed by atoms with E-state index in [1.807, 2.05) is 49.9 Å². The molecule has 2 fully saturated rings. The molecule has 4 aromatic rings. The van der Waals surface area contributed by atoms with Crippen molar-refractivity contribution >= 4 is 28.2 Å². The highest BCUT2D eigenvalue weighted by Crippen LogP contribution is 2.32. The van der Waals surface area contributed by atoms with Gasteiger partial charge in [0.2, 0.25) is 0 Å². The normalized spacial score (nSPS) is 18.1. The van der Waals surface area contributed by atoms with Gasteiger partial charge in [0, 0.05) is 84.1 Å². The Hall–Kier alpha value is -3.87. The number of piperidine rings is 2. The van der Waals surface area contributed by atoms with Crippen LogP contribution in [0, 0.1) is 0 Å². The van der Waals surface area contributed by atoms with Gasteiger partial charge >= 0.3 is 6.09 Å². The number of ether oxygens (including phenoxy) is 5. The molecule has 0 unspecified atom stereocenters. The molecular formula is C39H58N6O6. The number of imidazole rings is 2. The number of methoxy groups -OCH3 is 4.